The van der Waals surface area contributed by atoms with Crippen LogP contribution in [-0.2, 0) is 4.79 Å². The number of hydrogen-bond donors (Lipinski definition) is 3. The predicted octanol–water partition coefficient (Wildman–Crippen LogP) is 2.82. The van der Waals surface area contributed by atoms with Crippen LogP contribution in [0.4, 0.5) is 5.69 Å². The summed E-state index contributed by atoms with van der Waals surface area (Å²) in [5.41, 5.74) is 0.564. The van der Waals surface area contributed by atoms with Crippen LogP contribution < -0.4 is 15.4 Å². The Morgan fingerprint density at radius 2 is 2.18 bits per heavy atom. The van der Waals surface area contributed by atoms with Crippen LogP contribution >= 0.6 is 11.6 Å². The highest BCUT2D eigenvalue weighted by Gasteiger charge is 2.12. The van der Waals surface area contributed by atoms with Crippen LogP contribution in [0.5, 0.6) is 5.75 Å². The van der Waals surface area contributed by atoms with Gasteiger partial charge >= 0.3 is 0 Å². The Balaban J connectivity index is 2.44. The molecule has 1 rings (SSSR count). The number of carbonyl (C=O) groups is 1. The van der Waals surface area contributed by atoms with Gasteiger partial charge in [0.05, 0.1) is 18.9 Å². The Bertz CT molecular complexity index is 482. The van der Waals surface area contributed by atoms with Crippen molar-refractivity contribution in [3.8, 4) is 5.75 Å². The minimum absolute atomic E-state index is 0.0224. The Morgan fingerprint density at radius 1 is 1.45 bits per heavy atom. The van der Waals surface area contributed by atoms with Crippen LogP contribution in [0.25, 0.3) is 0 Å². The normalized spacial score (nSPS) is 13.5. The summed E-state index contributed by atoms with van der Waals surface area (Å²) < 4.78 is 5.19. The Kier molecular flexibility index (Phi) is 8.24. The number of amides is 1. The Morgan fingerprint density at radius 3 is 2.82 bits per heavy atom. The third kappa shape index (κ3) is 6.64. The van der Waals surface area contributed by atoms with Gasteiger partial charge in [0.1, 0.15) is 5.75 Å². The molecule has 1 amide bonds. The first kappa shape index (κ1) is 18.7. The highest BCUT2D eigenvalue weighted by atomic mass is 35.5. The third-order valence-corrected chi connectivity index (χ3v) is 3.60. The molecule has 0 radical (unpaired) electrons. The number of aliphatic hydroxyl groups is 1. The summed E-state index contributed by atoms with van der Waals surface area (Å²) >= 11 is 5.93. The maximum Gasteiger partial charge on any atom is 0.226 e. The number of nitrogens with one attached hydrogen (secondary N) is 2. The van der Waals surface area contributed by atoms with Crippen LogP contribution in [0.3, 0.4) is 0 Å². The number of halogens is 1. The van der Waals surface area contributed by atoms with Crippen LogP contribution in [0.1, 0.15) is 33.1 Å². The quantitative estimate of drug-likeness (QED) is 0.652. The van der Waals surface area contributed by atoms with E-state index in [1.165, 1.54) is 0 Å². The molecular weight excluding hydrogens is 304 g/mol. The molecule has 1 aromatic carbocycles. The zero-order chi connectivity index (χ0) is 16.5. The molecular formula is C16H25ClN2O3. The Hall–Kier alpha value is -1.30. The number of benzene rings is 1. The average Bonchev–Trinajstić information content (AvgIpc) is 2.47. The lowest BCUT2D eigenvalue weighted by Crippen LogP contribution is -2.32. The monoisotopic (exact) mass is 328 g/mol. The van der Waals surface area contributed by atoms with Crippen molar-refractivity contribution >= 4 is 23.2 Å². The number of ether oxygens (including phenoxy) is 1. The van der Waals surface area contributed by atoms with E-state index in [0.717, 1.165) is 6.42 Å². The second-order valence-corrected chi connectivity index (χ2v) is 5.74. The average molecular weight is 329 g/mol. The van der Waals surface area contributed by atoms with Crippen molar-refractivity contribution < 1.29 is 14.6 Å². The van der Waals surface area contributed by atoms with Crippen LogP contribution in [0, 0.1) is 0 Å². The predicted molar refractivity (Wildman–Crippen MR) is 89.6 cm³/mol. The van der Waals surface area contributed by atoms with E-state index in [9.17, 15) is 9.90 Å². The summed E-state index contributed by atoms with van der Waals surface area (Å²) in [5.74, 6) is 0.459. The van der Waals surface area contributed by atoms with Gasteiger partial charge in [-0.15, -0.1) is 0 Å². The van der Waals surface area contributed by atoms with Crippen LogP contribution in [0.2, 0.25) is 5.02 Å². The van der Waals surface area contributed by atoms with E-state index in [0.29, 0.717) is 35.8 Å². The molecule has 3 N–H and O–H groups in total. The fourth-order valence-electron chi connectivity index (χ4n) is 2.03. The summed E-state index contributed by atoms with van der Waals surface area (Å²) in [7, 11) is 1.54. The molecule has 0 spiro atoms. The van der Waals surface area contributed by atoms with Crippen LogP contribution in [-0.4, -0.2) is 36.8 Å². The zero-order valence-electron chi connectivity index (χ0n) is 13.4. The van der Waals surface area contributed by atoms with E-state index in [-0.39, 0.29) is 18.1 Å². The van der Waals surface area contributed by atoms with Gasteiger partial charge in [-0.3, -0.25) is 4.79 Å². The minimum Gasteiger partial charge on any atom is -0.495 e. The zero-order valence-corrected chi connectivity index (χ0v) is 14.1. The molecule has 0 fully saturated rings. The van der Waals surface area contributed by atoms with E-state index in [1.54, 1.807) is 25.3 Å². The molecule has 5 nitrogen and oxygen atoms in total. The van der Waals surface area contributed by atoms with E-state index in [2.05, 4.69) is 10.6 Å². The third-order valence-electron chi connectivity index (χ3n) is 3.37. The second-order valence-electron chi connectivity index (χ2n) is 5.30. The molecule has 6 heteroatoms. The van der Waals surface area contributed by atoms with Gasteiger partial charge in [0.2, 0.25) is 5.91 Å². The van der Waals surface area contributed by atoms with Gasteiger partial charge < -0.3 is 20.5 Å². The number of methoxy groups -OCH3 is 1. The van der Waals surface area contributed by atoms with Crippen LogP contribution in [0.15, 0.2) is 18.2 Å². The molecule has 2 atom stereocenters. The van der Waals surface area contributed by atoms with Gasteiger partial charge in [0, 0.05) is 17.5 Å². The standard InChI is InChI=1S/C16H25ClN2O3/c1-4-13(20)7-8-18-11(2)9-16(21)19-14-10-12(17)5-6-15(14)22-3/h5-6,10-11,13,18,20H,4,7-9H2,1-3H3,(H,19,21). The van der Waals surface area contributed by atoms with Gasteiger partial charge in [-0.05, 0) is 44.5 Å². The smallest absolute Gasteiger partial charge is 0.226 e. The van der Waals surface area contributed by atoms with E-state index >= 15 is 0 Å². The van der Waals surface area contributed by atoms with Crippen molar-refractivity contribution in [3.05, 3.63) is 23.2 Å². The Labute approximate surface area is 137 Å². The molecule has 0 heterocycles. The summed E-state index contributed by atoms with van der Waals surface area (Å²) in [6, 6.07) is 5.10. The van der Waals surface area contributed by atoms with Gasteiger partial charge in [0.15, 0.2) is 0 Å². The lowest BCUT2D eigenvalue weighted by atomic mass is 10.1. The first-order valence-electron chi connectivity index (χ1n) is 7.51. The summed E-state index contributed by atoms with van der Waals surface area (Å²) in [6.07, 6.45) is 1.47. The van der Waals surface area contributed by atoms with Crippen molar-refractivity contribution in [2.24, 2.45) is 0 Å². The fourth-order valence-corrected chi connectivity index (χ4v) is 2.20. The molecule has 0 aliphatic rings. The summed E-state index contributed by atoms with van der Waals surface area (Å²) in [5, 5.41) is 16.1. The van der Waals surface area contributed by atoms with E-state index in [4.69, 9.17) is 16.3 Å². The molecule has 0 bridgehead atoms. The first-order chi connectivity index (χ1) is 10.5. The highest BCUT2D eigenvalue weighted by Crippen LogP contribution is 2.27. The van der Waals surface area contributed by atoms with E-state index in [1.807, 2.05) is 13.8 Å². The molecule has 0 aromatic heterocycles. The van der Waals surface area contributed by atoms with Gasteiger partial charge in [-0.25, -0.2) is 0 Å². The fraction of sp³-hybridized carbons (Fsp3) is 0.562. The number of carbonyl (C=O) groups excluding carboxylic acids is 1. The lowest BCUT2D eigenvalue weighted by Gasteiger charge is -2.16. The minimum atomic E-state index is -0.288. The molecule has 2 unspecified atom stereocenters. The van der Waals surface area contributed by atoms with Gasteiger partial charge in [-0.2, -0.15) is 0 Å². The molecule has 0 saturated heterocycles. The van der Waals surface area contributed by atoms with E-state index < -0.39 is 0 Å². The second kappa shape index (κ2) is 9.66. The largest absolute Gasteiger partial charge is 0.495 e. The number of aliphatic hydroxyl groups excluding tert-OH is 1. The van der Waals surface area contributed by atoms with Gasteiger partial charge in [0.25, 0.3) is 0 Å². The molecule has 124 valence electrons. The lowest BCUT2D eigenvalue weighted by molar-refractivity contribution is -0.116. The van der Waals surface area contributed by atoms with Crippen molar-refractivity contribution in [2.45, 2.75) is 45.3 Å². The summed E-state index contributed by atoms with van der Waals surface area (Å²) in [4.78, 5) is 12.1. The molecule has 0 saturated carbocycles. The topological polar surface area (TPSA) is 70.6 Å². The number of anilines is 1. The SMILES string of the molecule is CCC(O)CCNC(C)CC(=O)Nc1cc(Cl)ccc1OC. The molecule has 1 aromatic rings. The maximum atomic E-state index is 12.1. The number of rotatable bonds is 9. The van der Waals surface area contributed by atoms with Crippen molar-refractivity contribution in [3.63, 3.8) is 0 Å². The molecule has 22 heavy (non-hydrogen) atoms. The van der Waals surface area contributed by atoms with Crippen molar-refractivity contribution in [1.82, 2.24) is 5.32 Å². The van der Waals surface area contributed by atoms with Crippen molar-refractivity contribution in [2.75, 3.05) is 19.0 Å². The first-order valence-corrected chi connectivity index (χ1v) is 7.88. The van der Waals surface area contributed by atoms with Gasteiger partial charge in [-0.1, -0.05) is 18.5 Å². The van der Waals surface area contributed by atoms with Crippen molar-refractivity contribution in [1.29, 1.82) is 0 Å². The summed E-state index contributed by atoms with van der Waals surface area (Å²) in [6.45, 7) is 4.57. The number of hydrogen-bond acceptors (Lipinski definition) is 4. The highest BCUT2D eigenvalue weighted by molar-refractivity contribution is 6.31. The maximum absolute atomic E-state index is 12.1. The molecule has 0 aliphatic carbocycles. The molecule has 0 aliphatic heterocycles.